The lowest BCUT2D eigenvalue weighted by Gasteiger charge is -2.03. The molecule has 0 spiro atoms. The van der Waals surface area contributed by atoms with E-state index in [1.54, 1.807) is 12.3 Å². The van der Waals surface area contributed by atoms with E-state index >= 15 is 0 Å². The highest BCUT2D eigenvalue weighted by Crippen LogP contribution is 2.33. The summed E-state index contributed by atoms with van der Waals surface area (Å²) in [5.41, 5.74) is 9.85. The number of benzene rings is 2. The Hall–Kier alpha value is -3.58. The van der Waals surface area contributed by atoms with Crippen LogP contribution in [0.15, 0.2) is 64.4 Å². The second-order valence-electron chi connectivity index (χ2n) is 6.06. The van der Waals surface area contributed by atoms with Gasteiger partial charge >= 0.3 is 0 Å². The van der Waals surface area contributed by atoms with Crippen molar-refractivity contribution in [3.05, 3.63) is 76.1 Å². The molecule has 0 atom stereocenters. The molecule has 3 heterocycles. The van der Waals surface area contributed by atoms with Crippen molar-refractivity contribution < 1.29 is 0 Å². The van der Waals surface area contributed by atoms with Crippen molar-refractivity contribution in [2.75, 3.05) is 5.73 Å². The van der Waals surface area contributed by atoms with Crippen LogP contribution < -0.4 is 11.3 Å². The molecule has 0 bridgehead atoms. The summed E-state index contributed by atoms with van der Waals surface area (Å²) in [5.74, 6) is 0.272. The van der Waals surface area contributed by atoms with Gasteiger partial charge in [-0.3, -0.25) is 9.79 Å². The number of para-hydroxylation sites is 1. The number of aromatic nitrogens is 3. The summed E-state index contributed by atoms with van der Waals surface area (Å²) in [5, 5.41) is 5.31. The Morgan fingerprint density at radius 2 is 1.81 bits per heavy atom. The Labute approximate surface area is 158 Å². The summed E-state index contributed by atoms with van der Waals surface area (Å²) in [6, 6.07) is 17.5. The second-order valence-corrected chi connectivity index (χ2v) is 7.01. The predicted octanol–water partition coefficient (Wildman–Crippen LogP) is 3.66. The summed E-state index contributed by atoms with van der Waals surface area (Å²) in [6.07, 6.45) is 3.46. The summed E-state index contributed by atoms with van der Waals surface area (Å²) in [6.45, 7) is 0. The second kappa shape index (κ2) is 6.00. The van der Waals surface area contributed by atoms with E-state index in [0.29, 0.717) is 10.5 Å². The Bertz CT molecular complexity index is 1300. The molecule has 0 saturated carbocycles. The maximum atomic E-state index is 12.6. The minimum Gasteiger partial charge on any atom is -0.383 e. The van der Waals surface area contributed by atoms with Crippen LogP contribution in [-0.4, -0.2) is 20.8 Å². The van der Waals surface area contributed by atoms with Crippen LogP contribution in [0.2, 0.25) is 0 Å². The van der Waals surface area contributed by atoms with Gasteiger partial charge in [0.05, 0.1) is 11.3 Å². The first kappa shape index (κ1) is 15.7. The first-order valence-electron chi connectivity index (χ1n) is 8.30. The summed E-state index contributed by atoms with van der Waals surface area (Å²) >= 11 is 1.33. The first-order chi connectivity index (χ1) is 13.2. The molecule has 0 amide bonds. The van der Waals surface area contributed by atoms with Crippen LogP contribution in [0, 0.1) is 0 Å². The van der Waals surface area contributed by atoms with Gasteiger partial charge in [-0.05, 0) is 12.1 Å². The molecule has 0 saturated heterocycles. The average Bonchev–Trinajstić information content (AvgIpc) is 3.30. The lowest BCUT2D eigenvalue weighted by atomic mass is 10.1. The van der Waals surface area contributed by atoms with E-state index in [-0.39, 0.29) is 11.4 Å². The lowest BCUT2D eigenvalue weighted by molar-refractivity contribution is 0.944. The highest BCUT2D eigenvalue weighted by molar-refractivity contribution is 7.19. The molecular formula is C20H13N5OS. The minimum atomic E-state index is -0.374. The Morgan fingerprint density at radius 1 is 1.04 bits per heavy atom. The first-order valence-corrected chi connectivity index (χ1v) is 9.12. The number of fused-ring (bicyclic) bond motifs is 2. The number of hydrogen-bond acceptors (Lipinski definition) is 6. The van der Waals surface area contributed by atoms with Crippen molar-refractivity contribution in [1.29, 1.82) is 0 Å². The van der Waals surface area contributed by atoms with Crippen molar-refractivity contribution in [2.45, 2.75) is 0 Å². The molecule has 0 radical (unpaired) electrons. The molecule has 0 unspecified atom stereocenters. The average molecular weight is 371 g/mol. The van der Waals surface area contributed by atoms with Gasteiger partial charge in [0.1, 0.15) is 10.8 Å². The third-order valence-corrected chi connectivity index (χ3v) is 5.33. The van der Waals surface area contributed by atoms with Crippen molar-refractivity contribution >= 4 is 45.7 Å². The maximum absolute atomic E-state index is 12.6. The van der Waals surface area contributed by atoms with Crippen molar-refractivity contribution in [3.63, 3.8) is 0 Å². The molecular weight excluding hydrogens is 358 g/mol. The summed E-state index contributed by atoms with van der Waals surface area (Å²) in [4.78, 5) is 21.6. The standard InChI is InChI=1S/C20H13N5OS/c21-17-15(10-13-11-22-16-9-5-4-8-14(13)16)18(26)23-20-25(17)24-19(27-20)12-6-2-1-3-7-12/h1-11H,21H2/b13-10-. The highest BCUT2D eigenvalue weighted by atomic mass is 32.1. The predicted molar refractivity (Wildman–Crippen MR) is 109 cm³/mol. The zero-order chi connectivity index (χ0) is 18.4. The molecule has 1 aliphatic rings. The van der Waals surface area contributed by atoms with E-state index in [9.17, 15) is 4.79 Å². The molecule has 2 N–H and O–H groups in total. The fourth-order valence-electron chi connectivity index (χ4n) is 3.02. The molecule has 130 valence electrons. The molecule has 6 nitrogen and oxygen atoms in total. The van der Waals surface area contributed by atoms with E-state index in [1.807, 2.05) is 54.6 Å². The van der Waals surface area contributed by atoms with E-state index in [4.69, 9.17) is 5.73 Å². The number of anilines is 1. The lowest BCUT2D eigenvalue weighted by Crippen LogP contribution is -2.16. The molecule has 7 heteroatoms. The fourth-order valence-corrected chi connectivity index (χ4v) is 3.93. The van der Waals surface area contributed by atoms with Crippen LogP contribution in [0.25, 0.3) is 27.2 Å². The smallest absolute Gasteiger partial charge is 0.283 e. The van der Waals surface area contributed by atoms with Gasteiger partial charge < -0.3 is 5.73 Å². The molecule has 5 rings (SSSR count). The van der Waals surface area contributed by atoms with Gasteiger partial charge in [0.2, 0.25) is 4.96 Å². The Kier molecular flexibility index (Phi) is 3.48. The van der Waals surface area contributed by atoms with Gasteiger partial charge in [0.25, 0.3) is 5.56 Å². The van der Waals surface area contributed by atoms with E-state index in [2.05, 4.69) is 15.1 Å². The van der Waals surface area contributed by atoms with Crippen molar-refractivity contribution in [2.24, 2.45) is 4.99 Å². The van der Waals surface area contributed by atoms with E-state index in [0.717, 1.165) is 27.4 Å². The van der Waals surface area contributed by atoms with Crippen molar-refractivity contribution in [1.82, 2.24) is 14.6 Å². The van der Waals surface area contributed by atoms with Gasteiger partial charge in [-0.25, -0.2) is 0 Å². The van der Waals surface area contributed by atoms with Crippen LogP contribution in [0.3, 0.4) is 0 Å². The molecule has 0 aliphatic carbocycles. The van der Waals surface area contributed by atoms with Crippen LogP contribution in [0.5, 0.6) is 0 Å². The van der Waals surface area contributed by atoms with Crippen LogP contribution in [0.4, 0.5) is 11.5 Å². The number of aliphatic imine (C=N–C) groups is 1. The zero-order valence-corrected chi connectivity index (χ0v) is 14.9. The molecule has 2 aromatic heterocycles. The zero-order valence-electron chi connectivity index (χ0n) is 14.0. The monoisotopic (exact) mass is 371 g/mol. The van der Waals surface area contributed by atoms with Crippen molar-refractivity contribution in [3.8, 4) is 10.6 Å². The van der Waals surface area contributed by atoms with Crippen LogP contribution in [-0.2, 0) is 0 Å². The van der Waals surface area contributed by atoms with Crippen LogP contribution >= 0.6 is 11.3 Å². The largest absolute Gasteiger partial charge is 0.383 e. The number of allylic oxidation sites excluding steroid dienone is 1. The van der Waals surface area contributed by atoms with Crippen LogP contribution in [0.1, 0.15) is 11.1 Å². The van der Waals surface area contributed by atoms with E-state index < -0.39 is 0 Å². The molecule has 2 aromatic carbocycles. The highest BCUT2D eigenvalue weighted by Gasteiger charge is 2.17. The number of nitrogens with two attached hydrogens (primary N) is 1. The number of hydrogen-bond donors (Lipinski definition) is 1. The van der Waals surface area contributed by atoms with E-state index in [1.165, 1.54) is 15.9 Å². The summed E-state index contributed by atoms with van der Waals surface area (Å²) < 4.78 is 1.53. The molecule has 27 heavy (non-hydrogen) atoms. The van der Waals surface area contributed by atoms with Gasteiger partial charge in [-0.2, -0.15) is 14.6 Å². The topological polar surface area (TPSA) is 85.6 Å². The summed E-state index contributed by atoms with van der Waals surface area (Å²) in [7, 11) is 0. The molecule has 4 aromatic rings. The normalized spacial score (nSPS) is 14.1. The SMILES string of the molecule is Nc1c(/C=C2/C=Nc3ccccc32)c(=O)nc2sc(-c3ccccc3)nn12. The maximum Gasteiger partial charge on any atom is 0.283 e. The Morgan fingerprint density at radius 3 is 2.67 bits per heavy atom. The third kappa shape index (κ3) is 2.56. The van der Waals surface area contributed by atoms with Gasteiger partial charge in [0.15, 0.2) is 0 Å². The van der Waals surface area contributed by atoms with Gasteiger partial charge in [-0.1, -0.05) is 59.9 Å². The number of rotatable bonds is 2. The molecule has 0 fully saturated rings. The number of nitrogens with zero attached hydrogens (tertiary/aromatic N) is 4. The van der Waals surface area contributed by atoms with Gasteiger partial charge in [-0.15, -0.1) is 0 Å². The quantitative estimate of drug-likeness (QED) is 0.583. The number of nitrogen functional groups attached to an aromatic ring is 1. The Balaban J connectivity index is 1.67. The van der Waals surface area contributed by atoms with Gasteiger partial charge in [0, 0.05) is 22.9 Å². The third-order valence-electron chi connectivity index (χ3n) is 4.37. The fraction of sp³-hybridized carbons (Fsp3) is 0. The molecule has 1 aliphatic heterocycles. The minimum absolute atomic E-state index is 0.272.